The summed E-state index contributed by atoms with van der Waals surface area (Å²) in [6, 6.07) is 25.7. The lowest BCUT2D eigenvalue weighted by Crippen LogP contribution is -2.03. The maximum absolute atomic E-state index is 12.6. The van der Waals surface area contributed by atoms with Crippen molar-refractivity contribution >= 4 is 94.0 Å². The van der Waals surface area contributed by atoms with E-state index < -0.39 is 58.2 Å². The number of azo groups is 3. The largest absolute Gasteiger partial charge is 0.508 e. The number of nitrogens with two attached hydrogens (primary N) is 1. The van der Waals surface area contributed by atoms with E-state index in [0.717, 1.165) is 23.3 Å². The lowest BCUT2D eigenvalue weighted by atomic mass is 10.0. The number of hydrogen-bond donors (Lipinski definition) is 5. The van der Waals surface area contributed by atoms with Crippen LogP contribution < -0.4 is 5.73 Å². The van der Waals surface area contributed by atoms with Gasteiger partial charge in [0.1, 0.15) is 32.6 Å². The first-order chi connectivity index (χ1) is 25.1. The van der Waals surface area contributed by atoms with Crippen LogP contribution in [0.2, 0.25) is 10.0 Å². The van der Waals surface area contributed by atoms with Gasteiger partial charge < -0.3 is 15.9 Å². The molecule has 0 unspecified atom stereocenters. The fraction of sp³-hybridized carbons (Fsp3) is 0. The Morgan fingerprint density at radius 2 is 1.02 bits per heavy atom. The van der Waals surface area contributed by atoms with Gasteiger partial charge in [-0.25, -0.2) is 0 Å². The summed E-state index contributed by atoms with van der Waals surface area (Å²) in [4.78, 5) is -1.89. The van der Waals surface area contributed by atoms with Crippen LogP contribution in [0.1, 0.15) is 0 Å². The summed E-state index contributed by atoms with van der Waals surface area (Å²) in [5.41, 5.74) is 7.24. The van der Waals surface area contributed by atoms with E-state index >= 15 is 0 Å². The lowest BCUT2D eigenvalue weighted by Gasteiger charge is -2.14. The molecule has 0 aromatic heterocycles. The van der Waals surface area contributed by atoms with Gasteiger partial charge in [0, 0.05) is 16.1 Å². The van der Waals surface area contributed by atoms with Crippen LogP contribution in [0.15, 0.2) is 144 Å². The highest BCUT2D eigenvalue weighted by molar-refractivity contribution is 7.86. The Balaban J connectivity index is 1.36. The highest BCUT2D eigenvalue weighted by Gasteiger charge is 2.28. The molecule has 0 aliphatic rings. The van der Waals surface area contributed by atoms with Crippen LogP contribution in [-0.4, -0.2) is 36.2 Å². The van der Waals surface area contributed by atoms with Crippen molar-refractivity contribution in [2.75, 3.05) is 5.73 Å². The van der Waals surface area contributed by atoms with E-state index in [1.54, 1.807) is 48.5 Å². The zero-order valence-electron chi connectivity index (χ0n) is 26.6. The first-order valence-corrected chi connectivity index (χ1v) is 18.5. The normalized spacial score (nSPS) is 12.5. The number of phenols is 2. The summed E-state index contributed by atoms with van der Waals surface area (Å²) in [5, 5.41) is 44.2. The summed E-state index contributed by atoms with van der Waals surface area (Å²) in [5.74, 6) is -0.787. The van der Waals surface area contributed by atoms with Gasteiger partial charge in [0.05, 0.1) is 27.5 Å². The molecule has 0 bridgehead atoms. The molecule has 6 aromatic rings. The average molecular weight is 793 g/mol. The van der Waals surface area contributed by atoms with Crippen molar-refractivity contribution in [2.45, 2.75) is 9.79 Å². The first kappa shape index (κ1) is 37.0. The Kier molecular flexibility index (Phi) is 10.2. The van der Waals surface area contributed by atoms with E-state index in [0.29, 0.717) is 11.4 Å². The standard InChI is InChI=1S/C34H23Cl2N7O8S2/c35-20-5-14-26(36)28(15-20)41-42-32-25-16-29(52(46,47)48)33(34(45)31(25)27(37)17-30(32)53(49,50)51)43-40-22-8-3-19(4-9-22)18-1-6-21(7-2-18)38-39-23-10-12-24(44)13-11-23/h1-17,44-45H,37H2,(H,46,47,48)(H,49,50,51). The Bertz CT molecular complexity index is 2710. The summed E-state index contributed by atoms with van der Waals surface area (Å²) in [7, 11) is -10.3. The van der Waals surface area contributed by atoms with Crippen molar-refractivity contribution in [1.82, 2.24) is 0 Å². The summed E-state index contributed by atoms with van der Waals surface area (Å²) < 4.78 is 70.0. The average Bonchev–Trinajstić information content (AvgIpc) is 3.11. The second-order valence-electron chi connectivity index (χ2n) is 11.1. The van der Waals surface area contributed by atoms with E-state index in [2.05, 4.69) is 30.7 Å². The molecule has 6 aromatic carbocycles. The molecule has 0 aliphatic heterocycles. The van der Waals surface area contributed by atoms with Gasteiger partial charge in [-0.2, -0.15) is 32.2 Å². The molecule has 0 fully saturated rings. The third-order valence-electron chi connectivity index (χ3n) is 7.49. The number of nitrogens with zero attached hydrogens (tertiary/aromatic N) is 6. The van der Waals surface area contributed by atoms with Crippen LogP contribution in [0.25, 0.3) is 21.9 Å². The van der Waals surface area contributed by atoms with Gasteiger partial charge in [0.15, 0.2) is 5.75 Å². The predicted molar refractivity (Wildman–Crippen MR) is 199 cm³/mol. The van der Waals surface area contributed by atoms with E-state index in [1.165, 1.54) is 30.3 Å². The van der Waals surface area contributed by atoms with Gasteiger partial charge in [-0.1, -0.05) is 47.5 Å². The van der Waals surface area contributed by atoms with Crippen LogP contribution >= 0.6 is 23.2 Å². The fourth-order valence-electron chi connectivity index (χ4n) is 4.97. The van der Waals surface area contributed by atoms with Crippen LogP contribution in [0.4, 0.5) is 39.8 Å². The SMILES string of the molecule is Nc1cc(S(=O)(=O)O)c(N=Nc2cc(Cl)ccc2Cl)c2cc(S(=O)(=O)O)c(N=Nc3ccc(-c4ccc(N=Nc5ccc(O)cc5)cc4)cc3)c(O)c12. The Hall–Kier alpha value is -5.82. The molecule has 268 valence electrons. The number of nitrogen functional groups attached to an aromatic ring is 1. The molecular formula is C34H23Cl2N7O8S2. The fourth-order valence-corrected chi connectivity index (χ4v) is 6.61. The molecule has 0 saturated carbocycles. The minimum absolute atomic E-state index is 0.0217. The molecule has 53 heavy (non-hydrogen) atoms. The van der Waals surface area contributed by atoms with Gasteiger partial charge in [0.25, 0.3) is 20.2 Å². The minimum Gasteiger partial charge on any atom is -0.508 e. The van der Waals surface area contributed by atoms with E-state index in [-0.39, 0.29) is 32.6 Å². The van der Waals surface area contributed by atoms with Crippen LogP contribution in [0.5, 0.6) is 11.5 Å². The zero-order valence-corrected chi connectivity index (χ0v) is 29.7. The molecule has 0 spiro atoms. The second kappa shape index (κ2) is 14.7. The number of fused-ring (bicyclic) bond motifs is 1. The van der Waals surface area contributed by atoms with Gasteiger partial charge in [-0.3, -0.25) is 9.11 Å². The summed E-state index contributed by atoms with van der Waals surface area (Å²) in [6.07, 6.45) is 0. The molecule has 0 atom stereocenters. The topological polar surface area (TPSA) is 249 Å². The van der Waals surface area contributed by atoms with Gasteiger partial charge in [-0.15, -0.1) is 15.3 Å². The van der Waals surface area contributed by atoms with Crippen molar-refractivity contribution in [3.05, 3.63) is 113 Å². The molecule has 6 N–H and O–H groups in total. The molecule has 0 saturated heterocycles. The molecule has 0 amide bonds. The predicted octanol–water partition coefficient (Wildman–Crippen LogP) is 10.5. The van der Waals surface area contributed by atoms with Gasteiger partial charge in [0.2, 0.25) is 0 Å². The third-order valence-corrected chi connectivity index (χ3v) is 9.78. The summed E-state index contributed by atoms with van der Waals surface area (Å²) in [6.45, 7) is 0. The second-order valence-corrected chi connectivity index (χ2v) is 14.7. The lowest BCUT2D eigenvalue weighted by molar-refractivity contribution is 0.472. The highest BCUT2D eigenvalue weighted by atomic mass is 35.5. The minimum atomic E-state index is -5.18. The van der Waals surface area contributed by atoms with Crippen LogP contribution in [-0.2, 0) is 20.2 Å². The smallest absolute Gasteiger partial charge is 0.296 e. The molecule has 6 rings (SSSR count). The van der Waals surface area contributed by atoms with E-state index in [4.69, 9.17) is 28.9 Å². The van der Waals surface area contributed by atoms with Crippen LogP contribution in [0, 0.1) is 0 Å². The Morgan fingerprint density at radius 3 is 1.55 bits per heavy atom. The van der Waals surface area contributed by atoms with Crippen LogP contribution in [0.3, 0.4) is 0 Å². The van der Waals surface area contributed by atoms with Crippen molar-refractivity contribution < 1.29 is 36.2 Å². The third kappa shape index (κ3) is 8.30. The monoisotopic (exact) mass is 791 g/mol. The Labute approximate surface area is 310 Å². The highest BCUT2D eigenvalue weighted by Crippen LogP contribution is 2.49. The van der Waals surface area contributed by atoms with Crippen molar-refractivity contribution in [3.63, 3.8) is 0 Å². The summed E-state index contributed by atoms with van der Waals surface area (Å²) >= 11 is 12.1. The number of aromatic hydroxyl groups is 2. The zero-order chi connectivity index (χ0) is 38.1. The molecule has 19 heteroatoms. The maximum atomic E-state index is 12.6. The van der Waals surface area contributed by atoms with Crippen molar-refractivity contribution in [1.29, 1.82) is 0 Å². The molecule has 0 radical (unpaired) electrons. The number of anilines is 1. The molecule has 15 nitrogen and oxygen atoms in total. The molecule has 0 aliphatic carbocycles. The number of phenolic OH excluding ortho intramolecular Hbond substituents is 2. The van der Waals surface area contributed by atoms with Gasteiger partial charge in [-0.05, 0) is 90.0 Å². The van der Waals surface area contributed by atoms with Crippen molar-refractivity contribution in [2.24, 2.45) is 30.7 Å². The number of halogens is 2. The quantitative estimate of drug-likeness (QED) is 0.0529. The van der Waals surface area contributed by atoms with Crippen molar-refractivity contribution in [3.8, 4) is 22.6 Å². The first-order valence-electron chi connectivity index (χ1n) is 14.9. The molecule has 0 heterocycles. The van der Waals surface area contributed by atoms with Gasteiger partial charge >= 0.3 is 0 Å². The number of benzene rings is 6. The number of rotatable bonds is 9. The molecular weight excluding hydrogens is 769 g/mol. The van der Waals surface area contributed by atoms with E-state index in [9.17, 15) is 36.2 Å². The van der Waals surface area contributed by atoms with E-state index in [1.807, 2.05) is 12.1 Å². The number of hydrogen-bond acceptors (Lipinski definition) is 13. The Morgan fingerprint density at radius 1 is 0.547 bits per heavy atom. The maximum Gasteiger partial charge on any atom is 0.296 e.